The van der Waals surface area contributed by atoms with Crippen LogP contribution in [0, 0.1) is 5.82 Å². The first-order valence-electron chi connectivity index (χ1n) is 10.3. The van der Waals surface area contributed by atoms with Gasteiger partial charge in [-0.2, -0.15) is 4.31 Å². The van der Waals surface area contributed by atoms with Crippen molar-refractivity contribution in [3.05, 3.63) is 65.5 Å². The molecule has 0 saturated carbocycles. The van der Waals surface area contributed by atoms with Crippen LogP contribution in [0.15, 0.2) is 53.4 Å². The second kappa shape index (κ2) is 10.0. The number of carbonyl (C=O) groups is 1. The lowest BCUT2D eigenvalue weighted by Crippen LogP contribution is -2.39. The van der Waals surface area contributed by atoms with Crippen molar-refractivity contribution in [3.63, 3.8) is 0 Å². The maximum absolute atomic E-state index is 13.4. The van der Waals surface area contributed by atoms with E-state index in [9.17, 15) is 17.6 Å². The van der Waals surface area contributed by atoms with E-state index in [2.05, 4.69) is 5.32 Å². The third-order valence-corrected chi connectivity index (χ3v) is 7.16. The van der Waals surface area contributed by atoms with E-state index in [1.54, 1.807) is 45.6 Å². The Morgan fingerprint density at radius 3 is 2.40 bits per heavy atom. The Hall–Kier alpha value is -2.45. The van der Waals surface area contributed by atoms with Crippen molar-refractivity contribution in [2.24, 2.45) is 0 Å². The summed E-state index contributed by atoms with van der Waals surface area (Å²) in [4.78, 5) is 14.4. The number of urea groups is 1. The zero-order valence-corrected chi connectivity index (χ0v) is 18.0. The molecule has 162 valence electrons. The molecule has 6 nitrogen and oxygen atoms in total. The third-order valence-electron chi connectivity index (χ3n) is 5.25. The highest BCUT2D eigenvalue weighted by molar-refractivity contribution is 7.89. The number of hydrogen-bond donors (Lipinski definition) is 1. The summed E-state index contributed by atoms with van der Waals surface area (Å²) in [5.74, 6) is -0.330. The Balaban J connectivity index is 1.57. The molecule has 1 aliphatic rings. The van der Waals surface area contributed by atoms with Gasteiger partial charge in [0.2, 0.25) is 10.0 Å². The summed E-state index contributed by atoms with van der Waals surface area (Å²) in [6, 6.07) is 12.6. The molecule has 30 heavy (non-hydrogen) atoms. The van der Waals surface area contributed by atoms with Crippen LogP contribution in [0.25, 0.3) is 0 Å². The first kappa shape index (κ1) is 22.2. The van der Waals surface area contributed by atoms with Crippen molar-refractivity contribution in [2.45, 2.75) is 44.2 Å². The third kappa shape index (κ3) is 5.58. The summed E-state index contributed by atoms with van der Waals surface area (Å²) in [7, 11) is -3.46. The van der Waals surface area contributed by atoms with Gasteiger partial charge >= 0.3 is 6.03 Å². The number of hydrogen-bond acceptors (Lipinski definition) is 3. The van der Waals surface area contributed by atoms with Crippen LogP contribution in [0.5, 0.6) is 0 Å². The minimum absolute atomic E-state index is 0.258. The number of rotatable bonds is 7. The summed E-state index contributed by atoms with van der Waals surface area (Å²) in [6.45, 7) is 4.07. The van der Waals surface area contributed by atoms with Gasteiger partial charge in [0.15, 0.2) is 0 Å². The van der Waals surface area contributed by atoms with Crippen LogP contribution >= 0.6 is 0 Å². The van der Waals surface area contributed by atoms with E-state index in [0.29, 0.717) is 26.2 Å². The van der Waals surface area contributed by atoms with Crippen LogP contribution in [-0.2, 0) is 23.1 Å². The molecule has 0 atom stereocenters. The number of carbonyl (C=O) groups excluding carboxylic acids is 1. The minimum Gasteiger partial charge on any atom is -0.334 e. The Bertz CT molecular complexity index is 958. The molecule has 2 aromatic carbocycles. The SMILES string of the molecule is CCN(Cc1cccc(F)c1)C(=O)NCc1ccc(S(=O)(=O)N2CCCCC2)cc1. The maximum atomic E-state index is 13.4. The molecule has 0 unspecified atom stereocenters. The summed E-state index contributed by atoms with van der Waals surface area (Å²) >= 11 is 0. The van der Waals surface area contributed by atoms with Crippen LogP contribution in [0.2, 0.25) is 0 Å². The molecule has 0 spiro atoms. The van der Waals surface area contributed by atoms with Gasteiger partial charge in [-0.05, 0) is 55.2 Å². The number of piperidine rings is 1. The number of sulfonamides is 1. The van der Waals surface area contributed by atoms with Gasteiger partial charge < -0.3 is 10.2 Å². The molecule has 1 saturated heterocycles. The topological polar surface area (TPSA) is 69.7 Å². The second-order valence-corrected chi connectivity index (χ2v) is 9.35. The maximum Gasteiger partial charge on any atom is 0.317 e. The largest absolute Gasteiger partial charge is 0.334 e. The van der Waals surface area contributed by atoms with E-state index in [4.69, 9.17) is 0 Å². The van der Waals surface area contributed by atoms with E-state index < -0.39 is 10.0 Å². The van der Waals surface area contributed by atoms with Crippen LogP contribution in [0.4, 0.5) is 9.18 Å². The Morgan fingerprint density at radius 1 is 1.07 bits per heavy atom. The normalized spacial score (nSPS) is 15.0. The van der Waals surface area contributed by atoms with Gasteiger partial charge in [-0.25, -0.2) is 17.6 Å². The molecular weight excluding hydrogens is 405 g/mol. The molecule has 0 aromatic heterocycles. The number of halogens is 1. The number of nitrogens with zero attached hydrogens (tertiary/aromatic N) is 2. The second-order valence-electron chi connectivity index (χ2n) is 7.41. The van der Waals surface area contributed by atoms with E-state index in [1.807, 2.05) is 6.92 Å². The van der Waals surface area contributed by atoms with Crippen molar-refractivity contribution < 1.29 is 17.6 Å². The molecule has 3 rings (SSSR count). The van der Waals surface area contributed by atoms with Crippen LogP contribution in [-0.4, -0.2) is 43.3 Å². The van der Waals surface area contributed by atoms with Gasteiger partial charge in [0.1, 0.15) is 5.82 Å². The molecule has 2 aromatic rings. The predicted molar refractivity (Wildman–Crippen MR) is 114 cm³/mol. The summed E-state index contributed by atoms with van der Waals surface area (Å²) in [5, 5.41) is 2.84. The van der Waals surface area contributed by atoms with Crippen molar-refractivity contribution >= 4 is 16.1 Å². The van der Waals surface area contributed by atoms with Crippen LogP contribution in [0.3, 0.4) is 0 Å². The van der Waals surface area contributed by atoms with E-state index in [1.165, 1.54) is 12.1 Å². The Labute approximate surface area is 177 Å². The van der Waals surface area contributed by atoms with Gasteiger partial charge in [-0.1, -0.05) is 30.7 Å². The highest BCUT2D eigenvalue weighted by Crippen LogP contribution is 2.21. The van der Waals surface area contributed by atoms with Crippen molar-refractivity contribution in [2.75, 3.05) is 19.6 Å². The standard InChI is InChI=1S/C22H28FN3O3S/c1-2-25(17-19-7-6-8-20(23)15-19)22(27)24-16-18-9-11-21(12-10-18)30(28,29)26-13-4-3-5-14-26/h6-12,15H,2-5,13-14,16-17H2,1H3,(H,24,27). The fourth-order valence-electron chi connectivity index (χ4n) is 3.51. The van der Waals surface area contributed by atoms with Crippen molar-refractivity contribution in [3.8, 4) is 0 Å². The fraction of sp³-hybridized carbons (Fsp3) is 0.409. The Morgan fingerprint density at radius 2 is 1.77 bits per heavy atom. The van der Waals surface area contributed by atoms with Crippen molar-refractivity contribution in [1.82, 2.24) is 14.5 Å². The molecule has 1 heterocycles. The average molecular weight is 434 g/mol. The fourth-order valence-corrected chi connectivity index (χ4v) is 5.02. The summed E-state index contributed by atoms with van der Waals surface area (Å²) in [5.41, 5.74) is 1.53. The predicted octanol–water partition coefficient (Wildman–Crippen LogP) is 3.73. The highest BCUT2D eigenvalue weighted by atomic mass is 32.2. The monoisotopic (exact) mass is 433 g/mol. The lowest BCUT2D eigenvalue weighted by Gasteiger charge is -2.26. The van der Waals surface area contributed by atoms with Gasteiger partial charge in [-0.3, -0.25) is 0 Å². The molecule has 0 radical (unpaired) electrons. The van der Waals surface area contributed by atoms with Gasteiger partial charge in [0, 0.05) is 32.7 Å². The molecule has 0 bridgehead atoms. The number of benzene rings is 2. The van der Waals surface area contributed by atoms with Gasteiger partial charge in [0.25, 0.3) is 0 Å². The summed E-state index contributed by atoms with van der Waals surface area (Å²) in [6.07, 6.45) is 2.86. The van der Waals surface area contributed by atoms with E-state index in [-0.39, 0.29) is 23.3 Å². The summed E-state index contributed by atoms with van der Waals surface area (Å²) < 4.78 is 40.3. The van der Waals surface area contributed by atoms with Crippen LogP contribution < -0.4 is 5.32 Å². The smallest absolute Gasteiger partial charge is 0.317 e. The minimum atomic E-state index is -3.46. The van der Waals surface area contributed by atoms with E-state index >= 15 is 0 Å². The first-order chi connectivity index (χ1) is 14.4. The average Bonchev–Trinajstić information content (AvgIpc) is 2.76. The Kier molecular flexibility index (Phi) is 7.44. The highest BCUT2D eigenvalue weighted by Gasteiger charge is 2.25. The molecule has 0 aliphatic carbocycles. The van der Waals surface area contributed by atoms with E-state index in [0.717, 1.165) is 30.4 Å². The van der Waals surface area contributed by atoms with Gasteiger partial charge in [-0.15, -0.1) is 0 Å². The zero-order valence-electron chi connectivity index (χ0n) is 17.2. The molecular formula is C22H28FN3O3S. The zero-order chi connectivity index (χ0) is 21.6. The molecule has 1 N–H and O–H groups in total. The number of nitrogens with one attached hydrogen (secondary N) is 1. The lowest BCUT2D eigenvalue weighted by atomic mass is 10.2. The van der Waals surface area contributed by atoms with Gasteiger partial charge in [0.05, 0.1) is 4.90 Å². The number of amides is 2. The molecule has 1 fully saturated rings. The van der Waals surface area contributed by atoms with Crippen molar-refractivity contribution in [1.29, 1.82) is 0 Å². The first-order valence-corrected chi connectivity index (χ1v) is 11.7. The molecule has 8 heteroatoms. The molecule has 1 aliphatic heterocycles. The van der Waals surface area contributed by atoms with Crippen LogP contribution in [0.1, 0.15) is 37.3 Å². The lowest BCUT2D eigenvalue weighted by molar-refractivity contribution is 0.197. The quantitative estimate of drug-likeness (QED) is 0.723. The molecule has 2 amide bonds.